The Labute approximate surface area is 139 Å². The number of benzene rings is 1. The summed E-state index contributed by atoms with van der Waals surface area (Å²) in [6.07, 6.45) is 2.40. The van der Waals surface area contributed by atoms with E-state index in [1.54, 1.807) is 18.1 Å². The van der Waals surface area contributed by atoms with Crippen molar-refractivity contribution in [3.63, 3.8) is 0 Å². The number of rotatable bonds is 6. The largest absolute Gasteiger partial charge is 0.496 e. The normalized spacial score (nSPS) is 18.5. The first-order valence-corrected chi connectivity index (χ1v) is 7.70. The summed E-state index contributed by atoms with van der Waals surface area (Å²) in [6, 6.07) is 5.98. The SMILES string of the molecule is COc1ccc(CN2CCOC(C(=O)O)C2)cc1Cn1cncn1. The van der Waals surface area contributed by atoms with Crippen molar-refractivity contribution in [2.24, 2.45) is 0 Å². The topological polar surface area (TPSA) is 89.7 Å². The molecule has 0 spiro atoms. The molecule has 24 heavy (non-hydrogen) atoms. The van der Waals surface area contributed by atoms with Crippen LogP contribution in [0.25, 0.3) is 0 Å². The van der Waals surface area contributed by atoms with Gasteiger partial charge in [0.05, 0.1) is 20.3 Å². The zero-order valence-electron chi connectivity index (χ0n) is 13.5. The Hall–Kier alpha value is -2.45. The number of carboxylic acids is 1. The van der Waals surface area contributed by atoms with Crippen molar-refractivity contribution in [3.05, 3.63) is 42.0 Å². The number of hydrogen-bond acceptors (Lipinski definition) is 6. The molecule has 1 unspecified atom stereocenters. The highest BCUT2D eigenvalue weighted by atomic mass is 16.5. The van der Waals surface area contributed by atoms with Crippen LogP contribution in [0.15, 0.2) is 30.9 Å². The molecule has 1 aliphatic rings. The van der Waals surface area contributed by atoms with Crippen molar-refractivity contribution in [3.8, 4) is 5.75 Å². The van der Waals surface area contributed by atoms with E-state index in [2.05, 4.69) is 21.0 Å². The first kappa shape index (κ1) is 16.4. The molecule has 0 aliphatic carbocycles. The second-order valence-electron chi connectivity index (χ2n) is 5.67. The molecule has 3 rings (SSSR count). The highest BCUT2D eigenvalue weighted by Gasteiger charge is 2.26. The van der Waals surface area contributed by atoms with Gasteiger partial charge in [-0.3, -0.25) is 4.90 Å². The molecule has 0 radical (unpaired) electrons. The fraction of sp³-hybridized carbons (Fsp3) is 0.438. The molecule has 0 saturated carbocycles. The smallest absolute Gasteiger partial charge is 0.334 e. The Kier molecular flexibility index (Phi) is 5.07. The molecule has 0 amide bonds. The van der Waals surface area contributed by atoms with E-state index in [9.17, 15) is 4.79 Å². The van der Waals surface area contributed by atoms with Crippen molar-refractivity contribution in [2.45, 2.75) is 19.2 Å². The standard InChI is InChI=1S/C16H20N4O4/c1-23-14-3-2-12(6-13(14)8-20-11-17-10-18-20)7-19-4-5-24-15(9-19)16(21)22/h2-3,6,10-11,15H,4-5,7-9H2,1H3,(H,21,22). The van der Waals surface area contributed by atoms with Crippen LogP contribution < -0.4 is 4.74 Å². The molecule has 1 N–H and O–H groups in total. The number of carbonyl (C=O) groups is 1. The zero-order valence-corrected chi connectivity index (χ0v) is 13.5. The van der Waals surface area contributed by atoms with Gasteiger partial charge in [-0.15, -0.1) is 0 Å². The minimum Gasteiger partial charge on any atom is -0.496 e. The van der Waals surface area contributed by atoms with Crippen LogP contribution in [-0.4, -0.2) is 63.7 Å². The number of aliphatic carboxylic acids is 1. The third-order valence-corrected chi connectivity index (χ3v) is 3.98. The number of morpholine rings is 1. The first-order valence-electron chi connectivity index (χ1n) is 7.70. The van der Waals surface area contributed by atoms with Crippen LogP contribution in [0.3, 0.4) is 0 Å². The number of nitrogens with zero attached hydrogens (tertiary/aromatic N) is 4. The Morgan fingerprint density at radius 1 is 1.46 bits per heavy atom. The van der Waals surface area contributed by atoms with Crippen molar-refractivity contribution in [2.75, 3.05) is 26.8 Å². The number of hydrogen-bond donors (Lipinski definition) is 1. The minimum atomic E-state index is -0.915. The molecule has 1 aliphatic heterocycles. The molecule has 1 aromatic carbocycles. The number of ether oxygens (including phenoxy) is 2. The summed E-state index contributed by atoms with van der Waals surface area (Å²) in [7, 11) is 1.64. The summed E-state index contributed by atoms with van der Waals surface area (Å²) < 4.78 is 12.4. The molecule has 128 valence electrons. The maximum absolute atomic E-state index is 11.1. The summed E-state index contributed by atoms with van der Waals surface area (Å²) >= 11 is 0. The average Bonchev–Trinajstić information content (AvgIpc) is 3.08. The van der Waals surface area contributed by atoms with Gasteiger partial charge in [0.25, 0.3) is 0 Å². The van der Waals surface area contributed by atoms with Crippen molar-refractivity contribution >= 4 is 5.97 Å². The predicted octanol–water partition coefficient (Wildman–Crippen LogP) is 0.620. The Morgan fingerprint density at radius 3 is 3.04 bits per heavy atom. The first-order chi connectivity index (χ1) is 11.7. The van der Waals surface area contributed by atoms with E-state index < -0.39 is 12.1 Å². The molecule has 1 atom stereocenters. The van der Waals surface area contributed by atoms with Gasteiger partial charge in [0.1, 0.15) is 18.4 Å². The fourth-order valence-corrected chi connectivity index (χ4v) is 2.80. The van der Waals surface area contributed by atoms with Gasteiger partial charge in [0, 0.05) is 25.2 Å². The van der Waals surface area contributed by atoms with E-state index in [1.165, 1.54) is 6.33 Å². The van der Waals surface area contributed by atoms with Gasteiger partial charge < -0.3 is 14.6 Å². The lowest BCUT2D eigenvalue weighted by Crippen LogP contribution is -2.45. The van der Waals surface area contributed by atoms with Crippen LogP contribution in [-0.2, 0) is 22.6 Å². The lowest BCUT2D eigenvalue weighted by Gasteiger charge is -2.30. The maximum Gasteiger partial charge on any atom is 0.334 e. The van der Waals surface area contributed by atoms with Gasteiger partial charge in [0.2, 0.25) is 0 Å². The molecule has 0 bridgehead atoms. The Bertz CT molecular complexity index is 689. The predicted molar refractivity (Wildman–Crippen MR) is 84.8 cm³/mol. The number of carboxylic acid groups (broad SMARTS) is 1. The zero-order chi connectivity index (χ0) is 16.9. The highest BCUT2D eigenvalue weighted by Crippen LogP contribution is 2.22. The molecular weight excluding hydrogens is 312 g/mol. The molecule has 2 aromatic rings. The van der Waals surface area contributed by atoms with Gasteiger partial charge >= 0.3 is 5.97 Å². The van der Waals surface area contributed by atoms with Crippen molar-refractivity contribution in [1.82, 2.24) is 19.7 Å². The van der Waals surface area contributed by atoms with E-state index in [1.807, 2.05) is 12.1 Å². The summed E-state index contributed by atoms with van der Waals surface area (Å²) in [5, 5.41) is 13.2. The molecule has 1 fully saturated rings. The third-order valence-electron chi connectivity index (χ3n) is 3.98. The van der Waals surface area contributed by atoms with Gasteiger partial charge in [-0.1, -0.05) is 6.07 Å². The van der Waals surface area contributed by atoms with Crippen molar-refractivity contribution in [1.29, 1.82) is 0 Å². The van der Waals surface area contributed by atoms with Crippen LogP contribution in [0.1, 0.15) is 11.1 Å². The van der Waals surface area contributed by atoms with Gasteiger partial charge in [-0.2, -0.15) is 5.10 Å². The lowest BCUT2D eigenvalue weighted by atomic mass is 10.1. The monoisotopic (exact) mass is 332 g/mol. The molecule has 8 nitrogen and oxygen atoms in total. The van der Waals surface area contributed by atoms with Crippen LogP contribution in [0.2, 0.25) is 0 Å². The molecular formula is C16H20N4O4. The van der Waals surface area contributed by atoms with E-state index >= 15 is 0 Å². The Balaban J connectivity index is 1.72. The van der Waals surface area contributed by atoms with Crippen molar-refractivity contribution < 1.29 is 19.4 Å². The second kappa shape index (κ2) is 7.41. The third kappa shape index (κ3) is 3.90. The highest BCUT2D eigenvalue weighted by molar-refractivity contribution is 5.72. The van der Waals surface area contributed by atoms with Gasteiger partial charge in [0.15, 0.2) is 6.10 Å². The van der Waals surface area contributed by atoms with Gasteiger partial charge in [-0.25, -0.2) is 14.5 Å². The summed E-state index contributed by atoms with van der Waals surface area (Å²) in [5.41, 5.74) is 2.10. The average molecular weight is 332 g/mol. The molecule has 1 saturated heterocycles. The summed E-state index contributed by atoms with van der Waals surface area (Å²) in [6.45, 7) is 2.77. The molecule has 2 heterocycles. The maximum atomic E-state index is 11.1. The van der Waals surface area contributed by atoms with E-state index in [-0.39, 0.29) is 0 Å². The molecule has 8 heteroatoms. The minimum absolute atomic E-state index is 0.389. The quantitative estimate of drug-likeness (QED) is 0.829. The van der Waals surface area contributed by atoms with Gasteiger partial charge in [-0.05, 0) is 17.7 Å². The van der Waals surface area contributed by atoms with Crippen LogP contribution in [0.5, 0.6) is 5.75 Å². The summed E-state index contributed by atoms with van der Waals surface area (Å²) in [5.74, 6) is -0.124. The van der Waals surface area contributed by atoms with Crippen LogP contribution in [0, 0.1) is 0 Å². The van der Waals surface area contributed by atoms with E-state index in [0.717, 1.165) is 16.9 Å². The van der Waals surface area contributed by atoms with E-state index in [0.29, 0.717) is 32.8 Å². The van der Waals surface area contributed by atoms with E-state index in [4.69, 9.17) is 14.6 Å². The number of aromatic nitrogens is 3. The number of methoxy groups -OCH3 is 1. The summed E-state index contributed by atoms with van der Waals surface area (Å²) in [4.78, 5) is 17.1. The second-order valence-corrected chi connectivity index (χ2v) is 5.67. The Morgan fingerprint density at radius 2 is 2.33 bits per heavy atom. The lowest BCUT2D eigenvalue weighted by molar-refractivity contribution is -0.156. The van der Waals surface area contributed by atoms with Crippen LogP contribution in [0.4, 0.5) is 0 Å². The van der Waals surface area contributed by atoms with Crippen LogP contribution >= 0.6 is 0 Å². The molecule has 1 aromatic heterocycles. The fourth-order valence-electron chi connectivity index (χ4n) is 2.80.